The fourth-order valence-corrected chi connectivity index (χ4v) is 14.9. The van der Waals surface area contributed by atoms with Crippen LogP contribution in [-0.4, -0.2) is 171 Å². The molecule has 0 radical (unpaired) electrons. The summed E-state index contributed by atoms with van der Waals surface area (Å²) in [5.74, 6) is 4.79. The number of Topliss-reactive ketones (excluding diaryl/α,β-unsaturated/α-hetero) is 2. The van der Waals surface area contributed by atoms with Crippen LogP contribution >= 0.6 is 0 Å². The Bertz CT molecular complexity index is 4150. The third-order valence-electron chi connectivity index (χ3n) is 20.3. The number of likely N-dealkylation sites (tertiary alicyclic amines) is 1. The Balaban J connectivity index is 0.000000138. The minimum atomic E-state index is 0. The lowest BCUT2D eigenvalue weighted by Gasteiger charge is -2.28. The highest BCUT2D eigenvalue weighted by atomic mass is 16.5. The number of methoxy groups -OCH3 is 3. The van der Waals surface area contributed by atoms with Gasteiger partial charge in [-0.25, -0.2) is 29.0 Å². The van der Waals surface area contributed by atoms with Gasteiger partial charge in [-0.1, -0.05) is 20.3 Å². The van der Waals surface area contributed by atoms with Gasteiger partial charge in [0.25, 0.3) is 0 Å². The number of likely N-dealkylation sites (N-methyl/N-ethyl adjacent to an activating group) is 3. The molecule has 3 fully saturated rings. The van der Waals surface area contributed by atoms with Gasteiger partial charge in [-0.2, -0.15) is 30.2 Å². The fourth-order valence-electron chi connectivity index (χ4n) is 14.9. The molecule has 3 aromatic carbocycles. The van der Waals surface area contributed by atoms with Crippen molar-refractivity contribution in [1.82, 2.24) is 78.8 Å². The molecule has 97 heavy (non-hydrogen) atoms. The molecule has 2 aliphatic carbocycles. The number of nitrogens with zero attached hydrogens (tertiary/aromatic N) is 16. The molecule has 1 amide bonds. The summed E-state index contributed by atoms with van der Waals surface area (Å²) in [6.45, 7) is 12.4. The standard InChI is InChI=1S/2C24H30N6O2.C23H29N7O2.CH4/c2*1-15(31)16-5-4-6-20(9-16)30-23-19(13-26-30)12-25-24(28-23)27-21-10-18-14-29(2)8-7-17(18)11-22(21)32-3;1-15(31)29-7-4-5-19(29)14-30-22-18(12-25-30)11-24-23(27-22)26-20-9-17-13-28(2)8-6-16(17)10-21(20)32-3;/h2*10-13,16,20H,4-9,14H2,1-3H3,(H,25,27,28);9-12,19H,4-8,13-14H2,1-3H3,(H,24,26,27);1H4/t2*16-,20-;19-;/m100./s1. The maximum Gasteiger partial charge on any atom is 0.229 e. The van der Waals surface area contributed by atoms with Gasteiger partial charge in [-0.05, 0) is 175 Å². The second kappa shape index (κ2) is 29.7. The summed E-state index contributed by atoms with van der Waals surface area (Å²) in [6.07, 6.45) is 23.5. The zero-order valence-electron chi connectivity index (χ0n) is 56.8. The summed E-state index contributed by atoms with van der Waals surface area (Å²) < 4.78 is 22.8. The molecule has 25 heteroatoms. The molecule has 15 rings (SSSR count). The van der Waals surface area contributed by atoms with Gasteiger partial charge in [-0.3, -0.25) is 14.4 Å². The van der Waals surface area contributed by atoms with E-state index in [1.807, 2.05) is 31.3 Å². The van der Waals surface area contributed by atoms with Crippen molar-refractivity contribution in [2.75, 3.05) is 84.6 Å². The van der Waals surface area contributed by atoms with Gasteiger partial charge in [0.1, 0.15) is 28.8 Å². The van der Waals surface area contributed by atoms with Crippen LogP contribution in [0, 0.1) is 11.8 Å². The number of anilines is 6. The van der Waals surface area contributed by atoms with Crippen molar-refractivity contribution in [3.05, 3.63) is 107 Å². The van der Waals surface area contributed by atoms with Crippen LogP contribution < -0.4 is 30.2 Å². The lowest BCUT2D eigenvalue weighted by molar-refractivity contribution is -0.130. The molecule has 5 atom stereocenters. The monoisotopic (exact) mass is 1320 g/mol. The number of ether oxygens (including phenoxy) is 3. The van der Waals surface area contributed by atoms with E-state index in [1.54, 1.807) is 66.9 Å². The topological polar surface area (TPSA) is 259 Å². The number of hydrogen-bond donors (Lipinski definition) is 3. The van der Waals surface area contributed by atoms with E-state index >= 15 is 0 Å². The molecule has 3 N–H and O–H groups in total. The van der Waals surface area contributed by atoms with Gasteiger partial charge >= 0.3 is 0 Å². The van der Waals surface area contributed by atoms with Crippen LogP contribution in [0.2, 0.25) is 0 Å². The quantitative estimate of drug-likeness (QED) is 0.0862. The molecule has 0 unspecified atom stereocenters. The molecular weight excluding hydrogens is 1230 g/mol. The van der Waals surface area contributed by atoms with E-state index in [4.69, 9.17) is 29.2 Å². The third kappa shape index (κ3) is 15.0. The predicted octanol–water partition coefficient (Wildman–Crippen LogP) is 11.0. The molecule has 0 bridgehead atoms. The maximum atomic E-state index is 11.9. The average Bonchev–Trinajstić information content (AvgIpc) is 1.79. The van der Waals surface area contributed by atoms with E-state index in [0.29, 0.717) is 24.4 Å². The molecule has 9 aromatic rings. The van der Waals surface area contributed by atoms with E-state index in [0.717, 1.165) is 197 Å². The number of amides is 1. The molecule has 1 saturated heterocycles. The molecule has 10 heterocycles. The predicted molar refractivity (Wildman–Crippen MR) is 375 cm³/mol. The summed E-state index contributed by atoms with van der Waals surface area (Å²) in [6, 6.07) is 13.3. The van der Waals surface area contributed by atoms with Crippen LogP contribution in [-0.2, 0) is 59.8 Å². The number of carbonyl (C=O) groups is 3. The highest BCUT2D eigenvalue weighted by molar-refractivity contribution is 5.81. The van der Waals surface area contributed by atoms with Gasteiger partial charge in [0, 0.05) is 83.2 Å². The largest absolute Gasteiger partial charge is 0.495 e. The molecule has 25 nitrogen and oxygen atoms in total. The summed E-state index contributed by atoms with van der Waals surface area (Å²) in [7, 11) is 11.5. The molecular formula is C72H93N19O6. The van der Waals surface area contributed by atoms with Gasteiger partial charge in [0.05, 0.1) is 97.8 Å². The number of benzene rings is 3. The van der Waals surface area contributed by atoms with Gasteiger partial charge in [0.2, 0.25) is 23.8 Å². The first-order valence-electron chi connectivity index (χ1n) is 33.9. The Morgan fingerprint density at radius 3 is 1.26 bits per heavy atom. The van der Waals surface area contributed by atoms with Crippen molar-refractivity contribution in [2.45, 2.75) is 156 Å². The van der Waals surface area contributed by atoms with Gasteiger partial charge in [-0.15, -0.1) is 0 Å². The minimum absolute atomic E-state index is 0. The maximum absolute atomic E-state index is 11.9. The van der Waals surface area contributed by atoms with Gasteiger partial charge in [0.15, 0.2) is 16.9 Å². The number of rotatable bonds is 15. The first kappa shape index (κ1) is 67.8. The first-order valence-corrected chi connectivity index (χ1v) is 33.9. The van der Waals surface area contributed by atoms with Crippen molar-refractivity contribution in [3.8, 4) is 17.2 Å². The Kier molecular flexibility index (Phi) is 20.7. The summed E-state index contributed by atoms with van der Waals surface area (Å²) in [4.78, 5) is 72.6. The number of nitrogens with one attached hydrogen (secondary N) is 3. The fraction of sp³-hybridized carbons (Fsp3) is 0.500. The second-order valence-electron chi connectivity index (χ2n) is 27.0. The number of fused-ring (bicyclic) bond motifs is 6. The Hall–Kier alpha value is -9.20. The van der Waals surface area contributed by atoms with Crippen LogP contribution in [0.3, 0.4) is 0 Å². The molecule has 6 aliphatic rings. The highest BCUT2D eigenvalue weighted by Crippen LogP contribution is 2.40. The van der Waals surface area contributed by atoms with E-state index in [1.165, 1.54) is 33.4 Å². The van der Waals surface area contributed by atoms with Crippen LogP contribution in [0.5, 0.6) is 17.2 Å². The summed E-state index contributed by atoms with van der Waals surface area (Å²) >= 11 is 0. The lowest BCUT2D eigenvalue weighted by Crippen LogP contribution is -2.36. The average molecular weight is 1320 g/mol. The third-order valence-corrected chi connectivity index (χ3v) is 20.3. The Morgan fingerprint density at radius 1 is 0.474 bits per heavy atom. The molecule has 6 aromatic heterocycles. The van der Waals surface area contributed by atoms with Crippen molar-refractivity contribution in [3.63, 3.8) is 0 Å². The highest BCUT2D eigenvalue weighted by Gasteiger charge is 2.32. The van der Waals surface area contributed by atoms with Crippen LogP contribution in [0.4, 0.5) is 34.9 Å². The normalized spacial score (nSPS) is 20.3. The second-order valence-corrected chi connectivity index (χ2v) is 27.0. The minimum Gasteiger partial charge on any atom is -0.495 e. The zero-order chi connectivity index (χ0) is 66.7. The van der Waals surface area contributed by atoms with E-state index < -0.39 is 0 Å². The van der Waals surface area contributed by atoms with E-state index in [9.17, 15) is 14.4 Å². The summed E-state index contributed by atoms with van der Waals surface area (Å²) in [5.41, 5.74) is 12.8. The lowest BCUT2D eigenvalue weighted by atomic mass is 9.83. The zero-order valence-corrected chi connectivity index (χ0v) is 56.8. The van der Waals surface area contributed by atoms with Crippen LogP contribution in [0.15, 0.2) is 73.6 Å². The van der Waals surface area contributed by atoms with E-state index in [-0.39, 0.29) is 54.9 Å². The van der Waals surface area contributed by atoms with Crippen molar-refractivity contribution in [1.29, 1.82) is 0 Å². The Labute approximate surface area is 567 Å². The molecule has 0 spiro atoms. The van der Waals surface area contributed by atoms with Crippen molar-refractivity contribution < 1.29 is 28.6 Å². The number of aromatic nitrogens is 12. The Morgan fingerprint density at radius 2 is 0.866 bits per heavy atom. The number of ketones is 2. The first-order chi connectivity index (χ1) is 46.5. The number of carbonyl (C=O) groups excluding carboxylic acids is 3. The van der Waals surface area contributed by atoms with Crippen molar-refractivity contribution in [2.24, 2.45) is 11.8 Å². The van der Waals surface area contributed by atoms with Crippen molar-refractivity contribution >= 4 is 85.5 Å². The molecule has 2 saturated carbocycles. The molecule has 4 aliphatic heterocycles. The van der Waals surface area contributed by atoms with Crippen LogP contribution in [0.25, 0.3) is 33.1 Å². The SMILES string of the molecule is C.COc1cc2c(cc1Nc1ncc3cnn(C[C@@H]4CCCN4C(C)=O)c3n1)CN(C)CC2.COc1cc2c(cc1Nc1ncc3cnn([C@@H]4CCC[C@@H](C(C)=O)C4)c3n1)CN(C)CC2.COc1cc2c(cc1Nc1ncc3cnn([C@H]4CCC[C@H](C(C)=O)C4)c3n1)CN(C)CC2. The number of hydrogen-bond acceptors (Lipinski definition) is 21. The van der Waals surface area contributed by atoms with Crippen LogP contribution in [0.1, 0.15) is 138 Å². The summed E-state index contributed by atoms with van der Waals surface area (Å²) in [5, 5.41) is 26.5. The smallest absolute Gasteiger partial charge is 0.229 e. The van der Waals surface area contributed by atoms with E-state index in [2.05, 4.69) is 118 Å². The van der Waals surface area contributed by atoms with Gasteiger partial charge < -0.3 is 49.8 Å². The molecule has 512 valence electrons.